The van der Waals surface area contributed by atoms with Crippen LogP contribution in [0.4, 0.5) is 0 Å². The number of guanidine groups is 1. The smallest absolute Gasteiger partial charge is 0.190 e. The lowest BCUT2D eigenvalue weighted by atomic mass is 10.2. The molecule has 5 heteroatoms. The van der Waals surface area contributed by atoms with Gasteiger partial charge >= 0.3 is 0 Å². The Labute approximate surface area is 101 Å². The summed E-state index contributed by atoms with van der Waals surface area (Å²) >= 11 is 5.70. The Morgan fingerprint density at radius 3 is 2.81 bits per heavy atom. The molecule has 16 heavy (non-hydrogen) atoms. The Kier molecular flexibility index (Phi) is 5.64. The number of halogens is 1. The Balaban J connectivity index is 2.32. The first-order valence-corrected chi connectivity index (χ1v) is 5.69. The number of aromatic nitrogens is 1. The highest BCUT2D eigenvalue weighted by molar-refractivity contribution is 6.29. The van der Waals surface area contributed by atoms with E-state index in [0.717, 1.165) is 31.0 Å². The van der Waals surface area contributed by atoms with Crippen LogP contribution in [0.2, 0.25) is 5.15 Å². The molecule has 1 aromatic heterocycles. The second-order valence-electron chi connectivity index (χ2n) is 3.27. The van der Waals surface area contributed by atoms with Crippen LogP contribution in [0.5, 0.6) is 0 Å². The average molecular weight is 241 g/mol. The van der Waals surface area contributed by atoms with Gasteiger partial charge in [-0.15, -0.1) is 0 Å². The Morgan fingerprint density at radius 2 is 2.25 bits per heavy atom. The molecule has 0 bridgehead atoms. The molecule has 2 N–H and O–H groups in total. The van der Waals surface area contributed by atoms with Crippen LogP contribution in [-0.4, -0.2) is 31.1 Å². The first-order chi connectivity index (χ1) is 7.76. The van der Waals surface area contributed by atoms with Gasteiger partial charge in [0.05, 0.1) is 0 Å². The minimum Gasteiger partial charge on any atom is -0.357 e. The van der Waals surface area contributed by atoms with Gasteiger partial charge in [0.25, 0.3) is 0 Å². The molecular weight excluding hydrogens is 224 g/mol. The molecule has 0 saturated heterocycles. The van der Waals surface area contributed by atoms with E-state index in [1.807, 2.05) is 13.0 Å². The van der Waals surface area contributed by atoms with Crippen LogP contribution in [-0.2, 0) is 6.42 Å². The molecule has 0 saturated carbocycles. The van der Waals surface area contributed by atoms with Gasteiger partial charge in [0.2, 0.25) is 0 Å². The molecule has 88 valence electrons. The molecule has 0 aromatic carbocycles. The lowest BCUT2D eigenvalue weighted by molar-refractivity contribution is 0.808. The lowest BCUT2D eigenvalue weighted by Gasteiger charge is -2.09. The number of pyridine rings is 1. The van der Waals surface area contributed by atoms with Crippen molar-refractivity contribution in [2.75, 3.05) is 20.1 Å². The average Bonchev–Trinajstić information content (AvgIpc) is 2.30. The van der Waals surface area contributed by atoms with Crippen LogP contribution in [0.1, 0.15) is 12.5 Å². The van der Waals surface area contributed by atoms with Crippen molar-refractivity contribution in [2.45, 2.75) is 13.3 Å². The zero-order chi connectivity index (χ0) is 11.8. The van der Waals surface area contributed by atoms with Gasteiger partial charge in [-0.3, -0.25) is 4.99 Å². The van der Waals surface area contributed by atoms with E-state index in [9.17, 15) is 0 Å². The van der Waals surface area contributed by atoms with Crippen LogP contribution in [0, 0.1) is 0 Å². The van der Waals surface area contributed by atoms with E-state index in [-0.39, 0.29) is 0 Å². The van der Waals surface area contributed by atoms with Gasteiger partial charge in [0, 0.05) is 26.3 Å². The molecule has 0 amide bonds. The highest BCUT2D eigenvalue weighted by Gasteiger charge is 1.96. The molecule has 0 aliphatic carbocycles. The number of nitrogens with one attached hydrogen (secondary N) is 2. The lowest BCUT2D eigenvalue weighted by Crippen LogP contribution is -2.38. The van der Waals surface area contributed by atoms with Gasteiger partial charge < -0.3 is 10.6 Å². The Morgan fingerprint density at radius 1 is 1.44 bits per heavy atom. The van der Waals surface area contributed by atoms with Gasteiger partial charge in [-0.25, -0.2) is 4.98 Å². The molecule has 0 radical (unpaired) electrons. The van der Waals surface area contributed by atoms with Crippen LogP contribution in [0.3, 0.4) is 0 Å². The van der Waals surface area contributed by atoms with E-state index in [4.69, 9.17) is 11.6 Å². The van der Waals surface area contributed by atoms with Crippen molar-refractivity contribution in [1.82, 2.24) is 15.6 Å². The normalized spacial score (nSPS) is 11.3. The molecule has 0 aliphatic heterocycles. The summed E-state index contributed by atoms with van der Waals surface area (Å²) in [7, 11) is 1.76. The molecule has 1 rings (SSSR count). The fourth-order valence-corrected chi connectivity index (χ4v) is 1.38. The van der Waals surface area contributed by atoms with Gasteiger partial charge in [0.15, 0.2) is 5.96 Å². The minimum atomic E-state index is 0.528. The van der Waals surface area contributed by atoms with Crippen LogP contribution >= 0.6 is 11.6 Å². The molecule has 0 fully saturated rings. The van der Waals surface area contributed by atoms with E-state index < -0.39 is 0 Å². The third kappa shape index (κ3) is 4.49. The van der Waals surface area contributed by atoms with E-state index in [1.54, 1.807) is 19.3 Å². The maximum Gasteiger partial charge on any atom is 0.190 e. The zero-order valence-electron chi connectivity index (χ0n) is 9.63. The molecule has 1 heterocycles. The number of rotatable bonds is 4. The maximum atomic E-state index is 5.70. The van der Waals surface area contributed by atoms with Crippen LogP contribution < -0.4 is 10.6 Å². The first kappa shape index (κ1) is 12.8. The maximum absolute atomic E-state index is 5.70. The summed E-state index contributed by atoms with van der Waals surface area (Å²) in [5.41, 5.74) is 1.16. The van der Waals surface area contributed by atoms with Gasteiger partial charge in [-0.2, -0.15) is 0 Å². The van der Waals surface area contributed by atoms with Crippen molar-refractivity contribution in [2.24, 2.45) is 4.99 Å². The van der Waals surface area contributed by atoms with Crippen molar-refractivity contribution < 1.29 is 0 Å². The van der Waals surface area contributed by atoms with Gasteiger partial charge in [-0.05, 0) is 25.0 Å². The van der Waals surface area contributed by atoms with Crippen molar-refractivity contribution in [3.8, 4) is 0 Å². The van der Waals surface area contributed by atoms with Crippen LogP contribution in [0.15, 0.2) is 23.3 Å². The van der Waals surface area contributed by atoms with Gasteiger partial charge in [0.1, 0.15) is 5.15 Å². The van der Waals surface area contributed by atoms with Gasteiger partial charge in [-0.1, -0.05) is 17.7 Å². The molecule has 0 unspecified atom stereocenters. The predicted molar refractivity (Wildman–Crippen MR) is 68.0 cm³/mol. The Bertz CT molecular complexity index is 334. The minimum absolute atomic E-state index is 0.528. The third-order valence-corrected chi connectivity index (χ3v) is 2.29. The topological polar surface area (TPSA) is 49.3 Å². The molecule has 0 spiro atoms. The van der Waals surface area contributed by atoms with Crippen molar-refractivity contribution in [1.29, 1.82) is 0 Å². The number of hydrogen-bond donors (Lipinski definition) is 2. The fourth-order valence-electron chi connectivity index (χ4n) is 1.27. The summed E-state index contributed by atoms with van der Waals surface area (Å²) in [5.74, 6) is 0.824. The highest BCUT2D eigenvalue weighted by atomic mass is 35.5. The highest BCUT2D eigenvalue weighted by Crippen LogP contribution is 2.05. The predicted octanol–water partition coefficient (Wildman–Crippen LogP) is 1.46. The standard InChI is InChI=1S/C11H17ClN4/c1-3-14-11(13-2)15-7-6-9-4-5-10(12)16-8-9/h4-5,8H,3,6-7H2,1-2H3,(H2,13,14,15). The van der Waals surface area contributed by atoms with Crippen LogP contribution in [0.25, 0.3) is 0 Å². The van der Waals surface area contributed by atoms with Crippen molar-refractivity contribution >= 4 is 17.6 Å². The number of aliphatic imine (C=N–C) groups is 1. The fraction of sp³-hybridized carbons (Fsp3) is 0.455. The molecule has 4 nitrogen and oxygen atoms in total. The van der Waals surface area contributed by atoms with E-state index in [2.05, 4.69) is 20.6 Å². The van der Waals surface area contributed by atoms with E-state index in [0.29, 0.717) is 5.15 Å². The molecule has 0 aliphatic rings. The Hall–Kier alpha value is -1.29. The summed E-state index contributed by atoms with van der Waals surface area (Å²) < 4.78 is 0. The third-order valence-electron chi connectivity index (χ3n) is 2.06. The van der Waals surface area contributed by atoms with E-state index >= 15 is 0 Å². The van der Waals surface area contributed by atoms with E-state index in [1.165, 1.54) is 0 Å². The number of nitrogens with zero attached hydrogens (tertiary/aromatic N) is 2. The summed E-state index contributed by atoms with van der Waals surface area (Å²) in [4.78, 5) is 8.11. The van der Waals surface area contributed by atoms with Crippen molar-refractivity contribution in [3.63, 3.8) is 0 Å². The zero-order valence-corrected chi connectivity index (χ0v) is 10.4. The second kappa shape index (κ2) is 7.06. The monoisotopic (exact) mass is 240 g/mol. The summed E-state index contributed by atoms with van der Waals surface area (Å²) in [6.45, 7) is 3.72. The quantitative estimate of drug-likeness (QED) is 0.476. The summed E-state index contributed by atoms with van der Waals surface area (Å²) in [5, 5.41) is 6.87. The molecule has 1 aromatic rings. The second-order valence-corrected chi connectivity index (χ2v) is 3.66. The molecular formula is C11H17ClN4. The summed E-state index contributed by atoms with van der Waals surface area (Å²) in [6.07, 6.45) is 2.69. The molecule has 0 atom stereocenters. The SMILES string of the molecule is CCNC(=NC)NCCc1ccc(Cl)nc1. The number of hydrogen-bond acceptors (Lipinski definition) is 2. The summed E-state index contributed by atoms with van der Waals surface area (Å²) in [6, 6.07) is 3.78. The van der Waals surface area contributed by atoms with Crippen molar-refractivity contribution in [3.05, 3.63) is 29.0 Å². The largest absolute Gasteiger partial charge is 0.357 e. The first-order valence-electron chi connectivity index (χ1n) is 5.31.